The van der Waals surface area contributed by atoms with E-state index in [2.05, 4.69) is 20.6 Å². The topological polar surface area (TPSA) is 195 Å². The summed E-state index contributed by atoms with van der Waals surface area (Å²) in [7, 11) is 5.92. The van der Waals surface area contributed by atoms with Gasteiger partial charge in [0.1, 0.15) is 21.4 Å². The fourth-order valence-corrected chi connectivity index (χ4v) is 7.77. The molecule has 0 bridgehead atoms. The zero-order chi connectivity index (χ0) is 42.5. The van der Waals surface area contributed by atoms with Gasteiger partial charge >= 0.3 is 11.9 Å². The van der Waals surface area contributed by atoms with Crippen molar-refractivity contribution < 1.29 is 48.3 Å². The molecule has 0 spiro atoms. The number of hydrogen-bond acceptors (Lipinski definition) is 12. The van der Waals surface area contributed by atoms with Crippen molar-refractivity contribution in [1.29, 1.82) is 0 Å². The Bertz CT molecular complexity index is 2400. The van der Waals surface area contributed by atoms with Gasteiger partial charge in [0.2, 0.25) is 0 Å². The zero-order valence-electron chi connectivity index (χ0n) is 32.8. The number of para-hydroxylation sites is 2. The number of methoxy groups -OCH3 is 4. The maximum Gasteiger partial charge on any atom is 0.305 e. The second kappa shape index (κ2) is 20.6. The number of hydrogen-bond donors (Lipinski definition) is 4. The minimum absolute atomic E-state index is 0.228. The van der Waals surface area contributed by atoms with Crippen molar-refractivity contribution in [3.05, 3.63) is 130 Å². The number of ether oxygens (including phenoxy) is 4. The van der Waals surface area contributed by atoms with Gasteiger partial charge in [-0.15, -0.1) is 22.7 Å². The highest BCUT2D eigenvalue weighted by atomic mass is 32.1. The van der Waals surface area contributed by atoms with Gasteiger partial charge in [-0.2, -0.15) is 0 Å². The van der Waals surface area contributed by atoms with E-state index in [9.17, 15) is 29.4 Å². The molecule has 59 heavy (non-hydrogen) atoms. The van der Waals surface area contributed by atoms with Gasteiger partial charge in [-0.3, -0.25) is 19.2 Å². The van der Waals surface area contributed by atoms with Crippen LogP contribution < -0.4 is 29.6 Å². The van der Waals surface area contributed by atoms with Crippen LogP contribution in [0.1, 0.15) is 62.6 Å². The first-order valence-electron chi connectivity index (χ1n) is 18.0. The van der Waals surface area contributed by atoms with Crippen LogP contribution >= 0.6 is 22.7 Å². The molecular weight excluding hydrogens is 797 g/mol. The van der Waals surface area contributed by atoms with Crippen molar-refractivity contribution in [1.82, 2.24) is 20.6 Å². The second-order valence-corrected chi connectivity index (χ2v) is 14.4. The number of amides is 2. The smallest absolute Gasteiger partial charge is 0.305 e. The van der Waals surface area contributed by atoms with Crippen molar-refractivity contribution in [2.24, 2.45) is 0 Å². The van der Waals surface area contributed by atoms with E-state index in [1.54, 1.807) is 47.2 Å². The van der Waals surface area contributed by atoms with Crippen molar-refractivity contribution in [3.63, 3.8) is 0 Å². The third kappa shape index (κ3) is 11.0. The van der Waals surface area contributed by atoms with Gasteiger partial charge in [-0.1, -0.05) is 78.9 Å². The van der Waals surface area contributed by atoms with E-state index in [1.807, 2.05) is 61.5 Å². The molecule has 14 nitrogen and oxygen atoms in total. The van der Waals surface area contributed by atoms with E-state index in [-0.39, 0.29) is 24.2 Å². The van der Waals surface area contributed by atoms with Crippen LogP contribution in [0.2, 0.25) is 0 Å². The molecule has 0 aliphatic rings. The molecule has 2 amide bonds. The monoisotopic (exact) mass is 838 g/mol. The van der Waals surface area contributed by atoms with E-state index in [0.29, 0.717) is 39.1 Å². The summed E-state index contributed by atoms with van der Waals surface area (Å²) in [5.74, 6) is -1.35. The number of nitrogens with one attached hydrogen (secondary N) is 2. The van der Waals surface area contributed by atoms with Gasteiger partial charge < -0.3 is 39.8 Å². The summed E-state index contributed by atoms with van der Waals surface area (Å²) in [5, 5.41) is 29.0. The maximum atomic E-state index is 12.9. The number of aliphatic carboxylic acids is 2. The van der Waals surface area contributed by atoms with Gasteiger partial charge in [-0.05, 0) is 24.6 Å². The lowest BCUT2D eigenvalue weighted by atomic mass is 10.0. The number of nitrogens with zero attached hydrogens (tertiary/aromatic N) is 2. The van der Waals surface area contributed by atoms with Crippen LogP contribution in [-0.2, 0) is 9.59 Å². The third-order valence-electron chi connectivity index (χ3n) is 8.86. The van der Waals surface area contributed by atoms with Crippen molar-refractivity contribution >= 4 is 46.4 Å². The normalized spacial score (nSPS) is 11.5. The molecule has 2 atom stereocenters. The van der Waals surface area contributed by atoms with Crippen molar-refractivity contribution in [2.75, 3.05) is 28.4 Å². The predicted molar refractivity (Wildman–Crippen MR) is 224 cm³/mol. The number of thiazole rings is 2. The summed E-state index contributed by atoms with van der Waals surface area (Å²) in [4.78, 5) is 57.3. The molecule has 2 heterocycles. The van der Waals surface area contributed by atoms with Crippen LogP contribution in [0.3, 0.4) is 0 Å². The largest absolute Gasteiger partial charge is 0.493 e. The molecule has 4 N–H and O–H groups in total. The first-order valence-corrected chi connectivity index (χ1v) is 19.7. The number of carboxylic acid groups (broad SMARTS) is 2. The molecular formula is C43H42N4O10S2. The van der Waals surface area contributed by atoms with Crippen molar-refractivity contribution in [3.8, 4) is 44.1 Å². The Hall–Kier alpha value is -6.78. The van der Waals surface area contributed by atoms with Crippen LogP contribution in [0.4, 0.5) is 0 Å². The number of aryl methyl sites for hydroxylation is 1. The average molecular weight is 839 g/mol. The molecule has 0 aliphatic carbocycles. The van der Waals surface area contributed by atoms with Crippen LogP contribution in [0, 0.1) is 6.92 Å². The summed E-state index contributed by atoms with van der Waals surface area (Å²) in [5.41, 5.74) is 4.42. The lowest BCUT2D eigenvalue weighted by molar-refractivity contribution is -0.138. The Morgan fingerprint density at radius 3 is 1.51 bits per heavy atom. The van der Waals surface area contributed by atoms with Gasteiger partial charge in [0, 0.05) is 33.0 Å². The van der Waals surface area contributed by atoms with Gasteiger partial charge in [-0.25, -0.2) is 9.97 Å². The molecule has 6 rings (SSSR count). The average Bonchev–Trinajstić information content (AvgIpc) is 3.95. The van der Waals surface area contributed by atoms with Gasteiger partial charge in [0.05, 0.1) is 53.4 Å². The molecule has 6 aromatic rings. The molecule has 0 radical (unpaired) electrons. The fourth-order valence-electron chi connectivity index (χ4n) is 6.07. The Kier molecular flexibility index (Phi) is 15.1. The SMILES string of the molecule is COc1cccc([C@H](CC(=O)O)NC(=O)c2csc(-c3ccccc3)n2)c1OC.COc1cccc([C@H](CC(=O)O)NC(=O)c2csc(-c3ccccc3C)n2)c1OC. The van der Waals surface area contributed by atoms with E-state index in [4.69, 9.17) is 18.9 Å². The van der Waals surface area contributed by atoms with Crippen molar-refractivity contribution in [2.45, 2.75) is 31.8 Å². The first-order chi connectivity index (χ1) is 28.5. The third-order valence-corrected chi connectivity index (χ3v) is 10.6. The van der Waals surface area contributed by atoms with E-state index in [1.165, 1.54) is 51.1 Å². The summed E-state index contributed by atoms with van der Waals surface area (Å²) in [6.07, 6.45) is -0.630. The molecule has 2 aromatic heterocycles. The van der Waals surface area contributed by atoms with Gasteiger partial charge in [0.25, 0.3) is 11.8 Å². The Balaban J connectivity index is 0.000000224. The highest BCUT2D eigenvalue weighted by molar-refractivity contribution is 7.13. The van der Waals surface area contributed by atoms with Crippen LogP contribution in [0.5, 0.6) is 23.0 Å². The van der Waals surface area contributed by atoms with E-state index in [0.717, 1.165) is 21.7 Å². The number of carboxylic acids is 2. The standard InChI is InChI=1S/C22H22N2O5S.C21H20N2O5S/c1-13-7-4-5-8-14(13)22-24-17(12-30-22)21(27)23-16(11-19(25)26)15-9-6-10-18(28-2)20(15)29-3;1-27-17-10-6-9-14(19(17)28-2)15(11-18(24)25)22-20(26)16-12-29-21(23-16)13-7-4-3-5-8-13/h4-10,12,16H,11H2,1-3H3,(H,23,27)(H,25,26);3-10,12,15H,11H2,1-2H3,(H,22,26)(H,24,25)/t16-;15-/m00/s1. The Morgan fingerprint density at radius 2 is 1.05 bits per heavy atom. The molecule has 4 aromatic carbocycles. The number of carbonyl (C=O) groups is 4. The second-order valence-electron chi connectivity index (χ2n) is 12.7. The number of aromatic nitrogens is 2. The first kappa shape index (κ1) is 43.3. The Labute approximate surface area is 348 Å². The summed E-state index contributed by atoms with van der Waals surface area (Å²) >= 11 is 2.71. The highest BCUT2D eigenvalue weighted by Crippen LogP contribution is 2.37. The predicted octanol–water partition coefficient (Wildman–Crippen LogP) is 7.85. The summed E-state index contributed by atoms with van der Waals surface area (Å²) in [6, 6.07) is 25.9. The lowest BCUT2D eigenvalue weighted by Crippen LogP contribution is -2.30. The highest BCUT2D eigenvalue weighted by Gasteiger charge is 2.27. The Morgan fingerprint density at radius 1 is 0.593 bits per heavy atom. The molecule has 306 valence electrons. The number of carbonyl (C=O) groups excluding carboxylic acids is 2. The van der Waals surface area contributed by atoms with Crippen LogP contribution in [0.25, 0.3) is 21.1 Å². The summed E-state index contributed by atoms with van der Waals surface area (Å²) in [6.45, 7) is 1.98. The van der Waals surface area contributed by atoms with E-state index < -0.39 is 35.8 Å². The molecule has 0 saturated heterocycles. The van der Waals surface area contributed by atoms with Crippen LogP contribution in [-0.4, -0.2) is 72.4 Å². The van der Waals surface area contributed by atoms with Gasteiger partial charge in [0.15, 0.2) is 23.0 Å². The fraction of sp³-hybridized carbons (Fsp3) is 0.209. The zero-order valence-corrected chi connectivity index (χ0v) is 34.4. The van der Waals surface area contributed by atoms with Crippen LogP contribution in [0.15, 0.2) is 102 Å². The maximum absolute atomic E-state index is 12.9. The molecule has 0 aliphatic heterocycles. The lowest BCUT2D eigenvalue weighted by Gasteiger charge is -2.21. The molecule has 0 fully saturated rings. The quantitative estimate of drug-likeness (QED) is 0.0738. The number of rotatable bonds is 16. The minimum Gasteiger partial charge on any atom is -0.493 e. The number of benzene rings is 4. The molecule has 0 unspecified atom stereocenters. The summed E-state index contributed by atoms with van der Waals surface area (Å²) < 4.78 is 21.4. The molecule has 0 saturated carbocycles. The molecule has 16 heteroatoms. The van der Waals surface area contributed by atoms with E-state index >= 15 is 0 Å². The minimum atomic E-state index is -1.05.